The molecule has 0 aromatic carbocycles. The highest BCUT2D eigenvalue weighted by Crippen LogP contribution is 2.16. The van der Waals surface area contributed by atoms with E-state index in [9.17, 15) is 5.11 Å². The van der Waals surface area contributed by atoms with E-state index in [0.29, 0.717) is 12.1 Å². The first-order valence-electron chi connectivity index (χ1n) is 4.56. The highest BCUT2D eigenvalue weighted by Gasteiger charge is 2.17. The Hall–Kier alpha value is -0.900. The summed E-state index contributed by atoms with van der Waals surface area (Å²) >= 11 is 0. The van der Waals surface area contributed by atoms with E-state index in [0.717, 1.165) is 0 Å². The van der Waals surface area contributed by atoms with Gasteiger partial charge < -0.3 is 5.11 Å². The van der Waals surface area contributed by atoms with Crippen LogP contribution < -0.4 is 0 Å². The fourth-order valence-electron chi connectivity index (χ4n) is 0.966. The predicted octanol–water partition coefficient (Wildman–Crippen LogP) is 1.48. The second-order valence-electron chi connectivity index (χ2n) is 4.18. The Bertz CT molecular complexity index is 275. The molecular weight excluding hydrogens is 166 g/mol. The number of aliphatic hydroxyl groups excluding tert-OH is 1. The van der Waals surface area contributed by atoms with E-state index in [1.807, 2.05) is 27.7 Å². The topological polar surface area (TPSA) is 50.9 Å². The van der Waals surface area contributed by atoms with Gasteiger partial charge in [0.25, 0.3) is 0 Å². The molecule has 0 amide bonds. The van der Waals surface area contributed by atoms with E-state index < -0.39 is 6.10 Å². The van der Waals surface area contributed by atoms with Crippen LogP contribution in [0.2, 0.25) is 0 Å². The Morgan fingerprint density at radius 2 is 2.15 bits per heavy atom. The molecule has 0 saturated carbocycles. The van der Waals surface area contributed by atoms with E-state index in [4.69, 9.17) is 0 Å². The van der Waals surface area contributed by atoms with Crippen LogP contribution in [0.1, 0.15) is 45.9 Å². The maximum absolute atomic E-state index is 9.49. The molecule has 1 rings (SSSR count). The molecule has 4 heteroatoms. The zero-order valence-corrected chi connectivity index (χ0v) is 8.65. The molecule has 0 aliphatic heterocycles. The summed E-state index contributed by atoms with van der Waals surface area (Å²) in [7, 11) is 0. The van der Waals surface area contributed by atoms with Crippen LogP contribution >= 0.6 is 0 Å². The van der Waals surface area contributed by atoms with Crippen molar-refractivity contribution in [3.8, 4) is 0 Å². The summed E-state index contributed by atoms with van der Waals surface area (Å²) in [5, 5.41) is 17.4. The summed E-state index contributed by atoms with van der Waals surface area (Å²) < 4.78 is 1.77. The van der Waals surface area contributed by atoms with Gasteiger partial charge in [-0.2, -0.15) is 0 Å². The van der Waals surface area contributed by atoms with E-state index in [-0.39, 0.29) is 5.54 Å². The average Bonchev–Trinajstić information content (AvgIpc) is 2.50. The molecule has 0 bridgehead atoms. The molecule has 4 nitrogen and oxygen atoms in total. The van der Waals surface area contributed by atoms with Crippen LogP contribution in [0.5, 0.6) is 0 Å². The normalized spacial score (nSPS) is 14.5. The number of rotatable bonds is 2. The maximum atomic E-state index is 9.49. The van der Waals surface area contributed by atoms with Crippen LogP contribution in [0, 0.1) is 0 Å². The van der Waals surface area contributed by atoms with Crippen LogP contribution in [-0.2, 0) is 5.54 Å². The van der Waals surface area contributed by atoms with Gasteiger partial charge in [-0.15, -0.1) is 5.10 Å². The molecule has 0 saturated heterocycles. The lowest BCUT2D eigenvalue weighted by molar-refractivity contribution is 0.168. The molecule has 13 heavy (non-hydrogen) atoms. The fourth-order valence-corrected chi connectivity index (χ4v) is 0.966. The number of hydrogen-bond donors (Lipinski definition) is 1. The molecule has 0 spiro atoms. The second-order valence-corrected chi connectivity index (χ2v) is 4.18. The molecule has 1 unspecified atom stereocenters. The average molecular weight is 183 g/mol. The smallest absolute Gasteiger partial charge is 0.111 e. The standard InChI is InChI=1S/C9H17N3O/c1-5-8(13)7-6-12(11-10-7)9(2,3)4/h6,8,13H,5H2,1-4H3. The number of nitrogens with zero attached hydrogens (tertiary/aromatic N) is 3. The summed E-state index contributed by atoms with van der Waals surface area (Å²) in [4.78, 5) is 0. The van der Waals surface area contributed by atoms with Crippen molar-refractivity contribution < 1.29 is 5.11 Å². The SMILES string of the molecule is CCC(O)c1cn(C(C)(C)C)nn1. The van der Waals surface area contributed by atoms with Crippen molar-refractivity contribution in [1.82, 2.24) is 15.0 Å². The lowest BCUT2D eigenvalue weighted by Crippen LogP contribution is -2.22. The Balaban J connectivity index is 2.87. The lowest BCUT2D eigenvalue weighted by Gasteiger charge is -2.17. The Kier molecular flexibility index (Phi) is 2.71. The molecule has 0 radical (unpaired) electrons. The van der Waals surface area contributed by atoms with Gasteiger partial charge in [0.2, 0.25) is 0 Å². The van der Waals surface area contributed by atoms with E-state index in [1.165, 1.54) is 0 Å². The van der Waals surface area contributed by atoms with E-state index in [1.54, 1.807) is 10.9 Å². The Morgan fingerprint density at radius 3 is 2.54 bits per heavy atom. The van der Waals surface area contributed by atoms with Crippen LogP contribution in [-0.4, -0.2) is 20.1 Å². The van der Waals surface area contributed by atoms with Gasteiger partial charge in [0, 0.05) is 0 Å². The first-order valence-corrected chi connectivity index (χ1v) is 4.56. The minimum atomic E-state index is -0.490. The molecular formula is C9H17N3O. The lowest BCUT2D eigenvalue weighted by atomic mass is 10.1. The van der Waals surface area contributed by atoms with E-state index in [2.05, 4.69) is 10.3 Å². The summed E-state index contributed by atoms with van der Waals surface area (Å²) in [5.74, 6) is 0. The van der Waals surface area contributed by atoms with Crippen LogP contribution in [0.3, 0.4) is 0 Å². The summed E-state index contributed by atoms with van der Waals surface area (Å²) in [6, 6.07) is 0. The molecule has 1 aromatic rings. The molecule has 1 atom stereocenters. The van der Waals surface area contributed by atoms with Gasteiger partial charge in [-0.25, -0.2) is 4.68 Å². The molecule has 1 N–H and O–H groups in total. The Morgan fingerprint density at radius 1 is 1.54 bits per heavy atom. The minimum absolute atomic E-state index is 0.0707. The highest BCUT2D eigenvalue weighted by atomic mass is 16.3. The highest BCUT2D eigenvalue weighted by molar-refractivity contribution is 4.98. The van der Waals surface area contributed by atoms with E-state index >= 15 is 0 Å². The maximum Gasteiger partial charge on any atom is 0.111 e. The first-order chi connectivity index (χ1) is 5.95. The molecule has 0 fully saturated rings. The van der Waals surface area contributed by atoms with Crippen molar-refractivity contribution >= 4 is 0 Å². The molecule has 0 aliphatic rings. The fraction of sp³-hybridized carbons (Fsp3) is 0.778. The zero-order valence-electron chi connectivity index (χ0n) is 8.65. The summed E-state index contributed by atoms with van der Waals surface area (Å²) in [6.45, 7) is 8.05. The number of aliphatic hydroxyl groups is 1. The largest absolute Gasteiger partial charge is 0.387 e. The van der Waals surface area contributed by atoms with Crippen molar-refractivity contribution in [2.75, 3.05) is 0 Å². The minimum Gasteiger partial charge on any atom is -0.387 e. The summed E-state index contributed by atoms with van der Waals surface area (Å²) in [5.41, 5.74) is 0.580. The second kappa shape index (κ2) is 3.46. The van der Waals surface area contributed by atoms with Gasteiger partial charge in [0.15, 0.2) is 0 Å². The summed E-state index contributed by atoms with van der Waals surface area (Å²) in [6.07, 6.45) is 1.98. The number of aromatic nitrogens is 3. The molecule has 74 valence electrons. The van der Waals surface area contributed by atoms with Crippen LogP contribution in [0.4, 0.5) is 0 Å². The number of hydrogen-bond acceptors (Lipinski definition) is 3. The third kappa shape index (κ3) is 2.28. The third-order valence-corrected chi connectivity index (χ3v) is 1.93. The van der Waals surface area contributed by atoms with Gasteiger partial charge in [-0.05, 0) is 27.2 Å². The van der Waals surface area contributed by atoms with Gasteiger partial charge in [0.05, 0.1) is 17.8 Å². The quantitative estimate of drug-likeness (QED) is 0.755. The molecule has 1 heterocycles. The van der Waals surface area contributed by atoms with Crippen molar-refractivity contribution in [2.45, 2.75) is 45.8 Å². The van der Waals surface area contributed by atoms with Gasteiger partial charge in [-0.3, -0.25) is 0 Å². The van der Waals surface area contributed by atoms with Gasteiger partial charge in [0.1, 0.15) is 5.69 Å². The predicted molar refractivity (Wildman–Crippen MR) is 50.3 cm³/mol. The monoisotopic (exact) mass is 183 g/mol. The third-order valence-electron chi connectivity index (χ3n) is 1.93. The zero-order chi connectivity index (χ0) is 10.1. The van der Waals surface area contributed by atoms with Crippen molar-refractivity contribution in [3.63, 3.8) is 0 Å². The molecule has 0 aliphatic carbocycles. The van der Waals surface area contributed by atoms with Crippen LogP contribution in [0.25, 0.3) is 0 Å². The van der Waals surface area contributed by atoms with Gasteiger partial charge in [-0.1, -0.05) is 12.1 Å². The van der Waals surface area contributed by atoms with Crippen molar-refractivity contribution in [1.29, 1.82) is 0 Å². The van der Waals surface area contributed by atoms with Crippen LogP contribution in [0.15, 0.2) is 6.20 Å². The molecule has 1 aromatic heterocycles. The Labute approximate surface area is 78.6 Å². The van der Waals surface area contributed by atoms with Crippen molar-refractivity contribution in [2.24, 2.45) is 0 Å². The first kappa shape index (κ1) is 10.2. The van der Waals surface area contributed by atoms with Crippen molar-refractivity contribution in [3.05, 3.63) is 11.9 Å². The van der Waals surface area contributed by atoms with Gasteiger partial charge >= 0.3 is 0 Å².